The van der Waals surface area contributed by atoms with Gasteiger partial charge in [-0.25, -0.2) is 4.57 Å². The lowest BCUT2D eigenvalue weighted by atomic mass is 10.0. The number of phosphoric ester groups is 1. The summed E-state index contributed by atoms with van der Waals surface area (Å²) < 4.78 is 32.6. The van der Waals surface area contributed by atoms with Crippen LogP contribution in [0.3, 0.4) is 0 Å². The topological polar surface area (TPSA) is 134 Å². The lowest BCUT2D eigenvalue weighted by molar-refractivity contribution is -0.161. The van der Waals surface area contributed by atoms with Crippen LogP contribution in [0.15, 0.2) is 36.5 Å². The number of hydrogen-bond acceptors (Lipinski definition) is 8. The molecule has 49 heavy (non-hydrogen) atoms. The van der Waals surface area contributed by atoms with Gasteiger partial charge in [-0.05, 0) is 44.9 Å². The van der Waals surface area contributed by atoms with E-state index < -0.39 is 32.5 Å². The third-order valence-electron chi connectivity index (χ3n) is 8.04. The molecule has 9 nitrogen and oxygen atoms in total. The Labute approximate surface area is 299 Å². The highest BCUT2D eigenvalue weighted by Crippen LogP contribution is 2.43. The minimum absolute atomic E-state index is 0.0511. The summed E-state index contributed by atoms with van der Waals surface area (Å²) in [6.45, 7) is 3.59. The van der Waals surface area contributed by atoms with E-state index in [0.717, 1.165) is 64.2 Å². The quantitative estimate of drug-likeness (QED) is 0.0281. The zero-order chi connectivity index (χ0) is 36.1. The summed E-state index contributed by atoms with van der Waals surface area (Å²) in [7, 11) is -4.37. The Bertz CT molecular complexity index is 907. The Morgan fingerprint density at radius 1 is 0.633 bits per heavy atom. The maximum absolute atomic E-state index is 12.5. The van der Waals surface area contributed by atoms with Gasteiger partial charge in [-0.15, -0.1) is 0 Å². The van der Waals surface area contributed by atoms with Gasteiger partial charge in [0.05, 0.1) is 13.2 Å². The fourth-order valence-electron chi connectivity index (χ4n) is 5.18. The van der Waals surface area contributed by atoms with Gasteiger partial charge in [-0.2, -0.15) is 0 Å². The molecule has 286 valence electrons. The van der Waals surface area contributed by atoms with Gasteiger partial charge in [0.2, 0.25) is 0 Å². The smallest absolute Gasteiger partial charge is 0.462 e. The van der Waals surface area contributed by atoms with E-state index in [2.05, 4.69) is 50.3 Å². The first-order valence-electron chi connectivity index (χ1n) is 19.5. The molecule has 0 aromatic carbocycles. The summed E-state index contributed by atoms with van der Waals surface area (Å²) in [5.41, 5.74) is 5.33. The van der Waals surface area contributed by atoms with Gasteiger partial charge in [-0.1, -0.05) is 147 Å². The molecule has 0 saturated heterocycles. The van der Waals surface area contributed by atoms with Gasteiger partial charge in [0.1, 0.15) is 6.61 Å². The molecule has 0 saturated carbocycles. The summed E-state index contributed by atoms with van der Waals surface area (Å²) in [4.78, 5) is 34.7. The first-order valence-corrected chi connectivity index (χ1v) is 21.0. The summed E-state index contributed by atoms with van der Waals surface area (Å²) in [6.07, 6.45) is 37.4. The standard InChI is InChI=1S/C39H72NO8P/c1-3-5-7-9-11-13-15-17-18-20-21-23-25-27-29-31-38(41)45-35-37(36-47-49(43,44)46-34-33-40)48-39(42)32-30-28-26-24-22-19-16-14-12-10-8-6-4-2/h5,7,11,13,17-18,37H,3-4,6,8-10,12,14-16,19-36,40H2,1-2H3,(H,43,44)/t37-/m1/s1. The van der Waals surface area contributed by atoms with Crippen molar-refractivity contribution in [2.45, 2.75) is 174 Å². The summed E-state index contributed by atoms with van der Waals surface area (Å²) in [6, 6.07) is 0. The molecule has 0 aromatic rings. The Balaban J connectivity index is 4.23. The third-order valence-corrected chi connectivity index (χ3v) is 9.02. The number of carbonyl (C=O) groups is 2. The average Bonchev–Trinajstić information content (AvgIpc) is 3.08. The summed E-state index contributed by atoms with van der Waals surface area (Å²) in [5.74, 6) is -0.847. The van der Waals surface area contributed by atoms with Crippen LogP contribution in [0.4, 0.5) is 0 Å². The maximum atomic E-state index is 12.5. The minimum Gasteiger partial charge on any atom is -0.462 e. The van der Waals surface area contributed by atoms with Crippen molar-refractivity contribution in [2.75, 3.05) is 26.4 Å². The lowest BCUT2D eigenvalue weighted by Crippen LogP contribution is -2.29. The fraction of sp³-hybridized carbons (Fsp3) is 0.795. The molecular weight excluding hydrogens is 641 g/mol. The SMILES string of the molecule is CCC=CCC=CCC=CCCCCCCCC(=O)OC[C@H](COP(=O)(O)OCCN)OC(=O)CCCCCCCCCCCCCCC. The average molecular weight is 714 g/mol. The zero-order valence-corrected chi connectivity index (χ0v) is 32.1. The van der Waals surface area contributed by atoms with Crippen LogP contribution in [0.1, 0.15) is 168 Å². The highest BCUT2D eigenvalue weighted by molar-refractivity contribution is 7.47. The number of carbonyl (C=O) groups excluding carboxylic acids is 2. The van der Waals surface area contributed by atoms with E-state index in [4.69, 9.17) is 24.3 Å². The second kappa shape index (κ2) is 36.0. The van der Waals surface area contributed by atoms with Crippen LogP contribution in [0.25, 0.3) is 0 Å². The van der Waals surface area contributed by atoms with Crippen LogP contribution in [0, 0.1) is 0 Å². The van der Waals surface area contributed by atoms with Crippen LogP contribution in [0.2, 0.25) is 0 Å². The molecule has 0 aliphatic rings. The van der Waals surface area contributed by atoms with Crippen molar-refractivity contribution in [3.8, 4) is 0 Å². The van der Waals surface area contributed by atoms with E-state index in [1.54, 1.807) is 0 Å². The van der Waals surface area contributed by atoms with Gasteiger partial charge in [-0.3, -0.25) is 18.6 Å². The van der Waals surface area contributed by atoms with Crippen molar-refractivity contribution in [2.24, 2.45) is 5.73 Å². The largest absolute Gasteiger partial charge is 0.472 e. The summed E-state index contributed by atoms with van der Waals surface area (Å²) >= 11 is 0. The molecule has 3 N–H and O–H groups in total. The van der Waals surface area contributed by atoms with E-state index in [1.165, 1.54) is 64.2 Å². The number of phosphoric acid groups is 1. The van der Waals surface area contributed by atoms with Crippen LogP contribution in [-0.4, -0.2) is 49.3 Å². The van der Waals surface area contributed by atoms with E-state index in [9.17, 15) is 19.0 Å². The molecule has 0 heterocycles. The molecule has 10 heteroatoms. The molecule has 0 fully saturated rings. The van der Waals surface area contributed by atoms with E-state index in [-0.39, 0.29) is 32.6 Å². The Hall–Kier alpha value is -1.77. The predicted molar refractivity (Wildman–Crippen MR) is 201 cm³/mol. The molecule has 0 amide bonds. The Morgan fingerprint density at radius 2 is 1.12 bits per heavy atom. The Morgan fingerprint density at radius 3 is 1.67 bits per heavy atom. The monoisotopic (exact) mass is 713 g/mol. The predicted octanol–water partition coefficient (Wildman–Crippen LogP) is 10.6. The minimum atomic E-state index is -4.37. The second-order valence-corrected chi connectivity index (χ2v) is 14.2. The third kappa shape index (κ3) is 35.8. The normalized spacial score (nSPS) is 13.8. The van der Waals surface area contributed by atoms with E-state index >= 15 is 0 Å². The van der Waals surface area contributed by atoms with Crippen molar-refractivity contribution >= 4 is 19.8 Å². The molecule has 0 rings (SSSR count). The number of hydrogen-bond donors (Lipinski definition) is 2. The number of allylic oxidation sites excluding steroid dienone is 6. The molecule has 0 spiro atoms. The van der Waals surface area contributed by atoms with Crippen molar-refractivity contribution in [1.82, 2.24) is 0 Å². The fourth-order valence-corrected chi connectivity index (χ4v) is 5.94. The number of ether oxygens (including phenoxy) is 2. The molecule has 1 unspecified atom stereocenters. The van der Waals surface area contributed by atoms with Crippen LogP contribution in [0.5, 0.6) is 0 Å². The van der Waals surface area contributed by atoms with Gasteiger partial charge >= 0.3 is 19.8 Å². The lowest BCUT2D eigenvalue weighted by Gasteiger charge is -2.19. The zero-order valence-electron chi connectivity index (χ0n) is 31.2. The number of esters is 2. The van der Waals surface area contributed by atoms with E-state index in [1.807, 2.05) is 0 Å². The van der Waals surface area contributed by atoms with Crippen LogP contribution >= 0.6 is 7.82 Å². The molecule has 0 radical (unpaired) electrons. The molecule has 0 aromatic heterocycles. The van der Waals surface area contributed by atoms with Crippen molar-refractivity contribution in [3.05, 3.63) is 36.5 Å². The molecule has 2 atom stereocenters. The van der Waals surface area contributed by atoms with Crippen molar-refractivity contribution < 1.29 is 37.6 Å². The molecule has 0 bridgehead atoms. The second-order valence-electron chi connectivity index (χ2n) is 12.8. The van der Waals surface area contributed by atoms with Crippen molar-refractivity contribution in [3.63, 3.8) is 0 Å². The van der Waals surface area contributed by atoms with E-state index in [0.29, 0.717) is 12.8 Å². The molecule has 0 aliphatic carbocycles. The van der Waals surface area contributed by atoms with Gasteiger partial charge < -0.3 is 20.1 Å². The first-order chi connectivity index (χ1) is 23.8. The van der Waals surface area contributed by atoms with Gasteiger partial charge in [0.25, 0.3) is 0 Å². The van der Waals surface area contributed by atoms with Crippen LogP contribution in [-0.2, 0) is 32.7 Å². The number of nitrogens with two attached hydrogens (primary N) is 1. The maximum Gasteiger partial charge on any atom is 0.472 e. The first kappa shape index (κ1) is 47.2. The Kier molecular flexibility index (Phi) is 34.7. The summed E-state index contributed by atoms with van der Waals surface area (Å²) in [5, 5.41) is 0. The van der Waals surface area contributed by atoms with Crippen molar-refractivity contribution in [1.29, 1.82) is 0 Å². The van der Waals surface area contributed by atoms with Gasteiger partial charge in [0, 0.05) is 19.4 Å². The molecule has 0 aliphatic heterocycles. The van der Waals surface area contributed by atoms with Crippen LogP contribution < -0.4 is 5.73 Å². The number of unbranched alkanes of at least 4 members (excludes halogenated alkanes) is 17. The number of rotatable bonds is 36. The molecular formula is C39H72NO8P. The highest BCUT2D eigenvalue weighted by Gasteiger charge is 2.25. The van der Waals surface area contributed by atoms with Gasteiger partial charge in [0.15, 0.2) is 6.10 Å². The highest BCUT2D eigenvalue weighted by atomic mass is 31.2.